The van der Waals surface area contributed by atoms with Gasteiger partial charge in [-0.2, -0.15) is 5.26 Å². The van der Waals surface area contributed by atoms with Crippen LogP contribution < -0.4 is 10.1 Å². The Bertz CT molecular complexity index is 1190. The molecule has 8 heteroatoms. The summed E-state index contributed by atoms with van der Waals surface area (Å²) < 4.78 is 5.68. The number of nitriles is 1. The lowest BCUT2D eigenvalue weighted by atomic mass is 10.0. The van der Waals surface area contributed by atoms with E-state index in [0.29, 0.717) is 48.2 Å². The quantitative estimate of drug-likeness (QED) is 0.289. The summed E-state index contributed by atoms with van der Waals surface area (Å²) in [6.07, 6.45) is 1.59. The van der Waals surface area contributed by atoms with Gasteiger partial charge in [0.1, 0.15) is 5.75 Å². The van der Waals surface area contributed by atoms with Crippen LogP contribution in [-0.2, 0) is 4.79 Å². The van der Waals surface area contributed by atoms with E-state index >= 15 is 0 Å². The number of amides is 1. The first-order valence-electron chi connectivity index (χ1n) is 8.90. The minimum Gasteiger partial charge on any atom is -0.483 e. The van der Waals surface area contributed by atoms with E-state index in [0.717, 1.165) is 0 Å². The normalized spacial score (nSPS) is 11.0. The molecule has 156 valence electrons. The standard InChI is InChI=1S/C23H14Cl4N2O2/c24-16-1-5-19(6-2-16)29-23(30)13-31-22-8-4-17(25)10-14(22)9-15(12-28)20-7-3-18(26)11-21(20)27/h1-11H,13H2,(H,29,30)/b15-9+. The van der Waals surface area contributed by atoms with Crippen molar-refractivity contribution >= 4 is 69.6 Å². The van der Waals surface area contributed by atoms with Gasteiger partial charge in [0.2, 0.25) is 0 Å². The zero-order chi connectivity index (χ0) is 22.4. The zero-order valence-electron chi connectivity index (χ0n) is 15.8. The Morgan fingerprint density at radius 2 is 1.58 bits per heavy atom. The fourth-order valence-electron chi connectivity index (χ4n) is 2.67. The second-order valence-corrected chi connectivity index (χ2v) is 8.04. The molecule has 0 bridgehead atoms. The molecule has 1 amide bonds. The van der Waals surface area contributed by atoms with Crippen LogP contribution in [0.4, 0.5) is 5.69 Å². The summed E-state index contributed by atoms with van der Waals surface area (Å²) in [6.45, 7) is -0.241. The predicted molar refractivity (Wildman–Crippen MR) is 127 cm³/mol. The number of allylic oxidation sites excluding steroid dienone is 1. The Balaban J connectivity index is 1.81. The molecule has 1 N–H and O–H groups in total. The highest BCUT2D eigenvalue weighted by Crippen LogP contribution is 2.31. The van der Waals surface area contributed by atoms with Crippen molar-refractivity contribution in [1.82, 2.24) is 0 Å². The van der Waals surface area contributed by atoms with Crippen molar-refractivity contribution in [1.29, 1.82) is 5.26 Å². The molecule has 4 nitrogen and oxygen atoms in total. The molecule has 3 aromatic carbocycles. The highest BCUT2D eigenvalue weighted by molar-refractivity contribution is 6.36. The van der Waals surface area contributed by atoms with Crippen molar-refractivity contribution in [2.45, 2.75) is 0 Å². The number of benzene rings is 3. The van der Waals surface area contributed by atoms with Gasteiger partial charge in [0.15, 0.2) is 6.61 Å². The van der Waals surface area contributed by atoms with Crippen LogP contribution in [-0.4, -0.2) is 12.5 Å². The van der Waals surface area contributed by atoms with E-state index in [9.17, 15) is 10.1 Å². The minimum atomic E-state index is -0.353. The van der Waals surface area contributed by atoms with E-state index in [-0.39, 0.29) is 12.5 Å². The summed E-state index contributed by atoms with van der Waals surface area (Å²) in [5.74, 6) is 0.0296. The second kappa shape index (κ2) is 10.6. The third kappa shape index (κ3) is 6.40. The first kappa shape index (κ1) is 23.0. The molecule has 0 heterocycles. The summed E-state index contributed by atoms with van der Waals surface area (Å²) in [5, 5.41) is 14.2. The number of hydrogen-bond donors (Lipinski definition) is 1. The van der Waals surface area contributed by atoms with Crippen molar-refractivity contribution in [2.24, 2.45) is 0 Å². The van der Waals surface area contributed by atoms with Crippen LogP contribution >= 0.6 is 46.4 Å². The Morgan fingerprint density at radius 1 is 0.935 bits per heavy atom. The molecule has 0 radical (unpaired) electrons. The lowest BCUT2D eigenvalue weighted by Crippen LogP contribution is -2.20. The Morgan fingerprint density at radius 3 is 2.26 bits per heavy atom. The topological polar surface area (TPSA) is 62.1 Å². The molecule has 31 heavy (non-hydrogen) atoms. The molecule has 0 unspecified atom stereocenters. The van der Waals surface area contributed by atoms with Crippen molar-refractivity contribution in [3.63, 3.8) is 0 Å². The molecule has 3 rings (SSSR count). The Hall–Kier alpha value is -2.68. The highest BCUT2D eigenvalue weighted by atomic mass is 35.5. The van der Waals surface area contributed by atoms with E-state index in [4.69, 9.17) is 51.1 Å². The molecule has 0 atom stereocenters. The molecule has 0 aromatic heterocycles. The number of ether oxygens (including phenoxy) is 1. The lowest BCUT2D eigenvalue weighted by molar-refractivity contribution is -0.118. The number of rotatable bonds is 6. The first-order chi connectivity index (χ1) is 14.9. The van der Waals surface area contributed by atoms with Crippen molar-refractivity contribution in [2.75, 3.05) is 11.9 Å². The number of halogens is 4. The monoisotopic (exact) mass is 490 g/mol. The largest absolute Gasteiger partial charge is 0.483 e. The zero-order valence-corrected chi connectivity index (χ0v) is 18.9. The minimum absolute atomic E-state index is 0.241. The number of carbonyl (C=O) groups excluding carboxylic acids is 1. The van der Waals surface area contributed by atoms with Crippen LogP contribution in [0.1, 0.15) is 11.1 Å². The van der Waals surface area contributed by atoms with Crippen LogP contribution in [0.2, 0.25) is 20.1 Å². The van der Waals surface area contributed by atoms with Gasteiger partial charge in [-0.05, 0) is 60.7 Å². The molecule has 0 aliphatic heterocycles. The number of hydrogen-bond acceptors (Lipinski definition) is 3. The summed E-state index contributed by atoms with van der Waals surface area (Å²) in [5.41, 5.74) is 1.92. The van der Waals surface area contributed by atoms with Crippen molar-refractivity contribution < 1.29 is 9.53 Å². The van der Waals surface area contributed by atoms with Crippen LogP contribution in [0, 0.1) is 11.3 Å². The molecular weight excluding hydrogens is 478 g/mol. The van der Waals surface area contributed by atoms with Crippen LogP contribution in [0.5, 0.6) is 5.75 Å². The molecular formula is C23H14Cl4N2O2. The van der Waals surface area contributed by atoms with Gasteiger partial charge in [0, 0.05) is 31.9 Å². The summed E-state index contributed by atoms with van der Waals surface area (Å²) >= 11 is 24.1. The molecule has 0 spiro atoms. The third-order valence-corrected chi connectivity index (χ3v) is 5.14. The van der Waals surface area contributed by atoms with Gasteiger partial charge in [-0.3, -0.25) is 4.79 Å². The van der Waals surface area contributed by atoms with Crippen LogP contribution in [0.25, 0.3) is 11.6 Å². The maximum atomic E-state index is 12.2. The van der Waals surface area contributed by atoms with E-state index < -0.39 is 0 Å². The van der Waals surface area contributed by atoms with E-state index in [2.05, 4.69) is 11.4 Å². The average molecular weight is 492 g/mol. The Labute approximate surface area is 199 Å². The van der Waals surface area contributed by atoms with Crippen molar-refractivity contribution in [3.05, 3.63) is 91.9 Å². The van der Waals surface area contributed by atoms with Crippen LogP contribution in [0.3, 0.4) is 0 Å². The number of nitrogens with one attached hydrogen (secondary N) is 1. The van der Waals surface area contributed by atoms with Gasteiger partial charge in [0.05, 0.1) is 16.7 Å². The third-order valence-electron chi connectivity index (χ3n) is 4.10. The fraction of sp³-hybridized carbons (Fsp3) is 0.0435. The molecule has 0 fully saturated rings. The predicted octanol–water partition coefficient (Wildman–Crippen LogP) is 7.38. The number of nitrogens with zero attached hydrogens (tertiary/aromatic N) is 1. The van der Waals surface area contributed by atoms with Gasteiger partial charge < -0.3 is 10.1 Å². The first-order valence-corrected chi connectivity index (χ1v) is 10.4. The van der Waals surface area contributed by atoms with Gasteiger partial charge >= 0.3 is 0 Å². The summed E-state index contributed by atoms with van der Waals surface area (Å²) in [6, 6.07) is 18.6. The maximum absolute atomic E-state index is 12.2. The number of carbonyl (C=O) groups is 1. The smallest absolute Gasteiger partial charge is 0.262 e. The van der Waals surface area contributed by atoms with Crippen molar-refractivity contribution in [3.8, 4) is 11.8 Å². The van der Waals surface area contributed by atoms with Crippen LogP contribution in [0.15, 0.2) is 60.7 Å². The summed E-state index contributed by atoms with van der Waals surface area (Å²) in [4.78, 5) is 12.2. The molecule has 0 aliphatic carbocycles. The van der Waals surface area contributed by atoms with Gasteiger partial charge in [-0.1, -0.05) is 52.5 Å². The Kier molecular flexibility index (Phi) is 7.84. The van der Waals surface area contributed by atoms with E-state index in [1.54, 1.807) is 66.7 Å². The molecule has 0 saturated heterocycles. The van der Waals surface area contributed by atoms with Gasteiger partial charge in [0.25, 0.3) is 5.91 Å². The van der Waals surface area contributed by atoms with Gasteiger partial charge in [-0.25, -0.2) is 0 Å². The molecule has 0 saturated carbocycles. The lowest BCUT2D eigenvalue weighted by Gasteiger charge is -2.11. The molecule has 3 aromatic rings. The average Bonchev–Trinajstić information content (AvgIpc) is 2.73. The number of anilines is 1. The SMILES string of the molecule is N#C/C(=C\c1cc(Cl)ccc1OCC(=O)Nc1ccc(Cl)cc1)c1ccc(Cl)cc1Cl. The second-order valence-electron chi connectivity index (χ2n) is 6.32. The van der Waals surface area contributed by atoms with E-state index in [1.807, 2.05) is 0 Å². The summed E-state index contributed by atoms with van der Waals surface area (Å²) in [7, 11) is 0. The maximum Gasteiger partial charge on any atom is 0.262 e. The highest BCUT2D eigenvalue weighted by Gasteiger charge is 2.11. The fourth-order valence-corrected chi connectivity index (χ4v) is 3.49. The van der Waals surface area contributed by atoms with E-state index in [1.165, 1.54) is 0 Å². The molecule has 0 aliphatic rings. The van der Waals surface area contributed by atoms with Gasteiger partial charge in [-0.15, -0.1) is 0 Å².